The quantitative estimate of drug-likeness (QED) is 0.915. The summed E-state index contributed by atoms with van der Waals surface area (Å²) >= 11 is 0. The molecule has 1 aromatic rings. The second-order valence-electron chi connectivity index (χ2n) is 4.17. The highest BCUT2D eigenvalue weighted by molar-refractivity contribution is 7.89. The molecule has 1 N–H and O–H groups in total. The van der Waals surface area contributed by atoms with E-state index in [1.54, 1.807) is 0 Å². The first kappa shape index (κ1) is 17.2. The van der Waals surface area contributed by atoms with Crippen molar-refractivity contribution < 1.29 is 31.1 Å². The maximum absolute atomic E-state index is 12.3. The van der Waals surface area contributed by atoms with Gasteiger partial charge in [0.05, 0.1) is 10.6 Å². The van der Waals surface area contributed by atoms with Crippen LogP contribution < -0.4 is 10.1 Å². The molecule has 10 heteroatoms. The van der Waals surface area contributed by atoms with Gasteiger partial charge in [0, 0.05) is 21.0 Å². The average molecular weight is 326 g/mol. The van der Waals surface area contributed by atoms with E-state index in [1.807, 2.05) is 0 Å². The van der Waals surface area contributed by atoms with Crippen LogP contribution in [-0.4, -0.2) is 39.1 Å². The van der Waals surface area contributed by atoms with Crippen molar-refractivity contribution in [3.8, 4) is 5.75 Å². The molecule has 0 radical (unpaired) electrons. The van der Waals surface area contributed by atoms with E-state index in [4.69, 9.17) is 0 Å². The number of nitrogens with zero attached hydrogens (tertiary/aromatic N) is 1. The number of hydrogen-bond acceptors (Lipinski definition) is 4. The summed E-state index contributed by atoms with van der Waals surface area (Å²) in [4.78, 5) is 10.7. The first-order valence-electron chi connectivity index (χ1n) is 5.53. The summed E-state index contributed by atoms with van der Waals surface area (Å²) in [6, 6.07) is 2.69. The summed E-state index contributed by atoms with van der Waals surface area (Å²) < 4.78 is 65.2. The van der Waals surface area contributed by atoms with Gasteiger partial charge in [-0.25, -0.2) is 12.7 Å². The fraction of sp³-hybridized carbons (Fsp3) is 0.364. The zero-order chi connectivity index (χ0) is 16.4. The Bertz CT molecular complexity index is 641. The van der Waals surface area contributed by atoms with Crippen LogP contribution in [0, 0.1) is 0 Å². The Kier molecular flexibility index (Phi) is 4.84. The van der Waals surface area contributed by atoms with Gasteiger partial charge in [0.2, 0.25) is 15.9 Å². The maximum Gasteiger partial charge on any atom is 0.573 e. The van der Waals surface area contributed by atoms with Gasteiger partial charge < -0.3 is 10.1 Å². The number of amides is 1. The Labute approximate surface area is 119 Å². The van der Waals surface area contributed by atoms with E-state index in [9.17, 15) is 26.4 Å². The Morgan fingerprint density at radius 3 is 2.29 bits per heavy atom. The molecule has 0 atom stereocenters. The summed E-state index contributed by atoms with van der Waals surface area (Å²) in [5, 5.41) is 2.10. The summed E-state index contributed by atoms with van der Waals surface area (Å²) in [5.74, 6) is -1.36. The van der Waals surface area contributed by atoms with Gasteiger partial charge in [0.25, 0.3) is 0 Å². The molecule has 0 aliphatic rings. The molecule has 0 bridgehead atoms. The van der Waals surface area contributed by atoms with E-state index in [0.717, 1.165) is 29.4 Å². The number of halogens is 3. The molecule has 0 aliphatic carbocycles. The molecule has 1 rings (SSSR count). The van der Waals surface area contributed by atoms with E-state index in [2.05, 4.69) is 10.1 Å². The number of rotatable bonds is 4. The van der Waals surface area contributed by atoms with Crippen molar-refractivity contribution in [1.82, 2.24) is 4.31 Å². The molecule has 0 saturated carbocycles. The first-order chi connectivity index (χ1) is 9.43. The minimum Gasteiger partial charge on any atom is -0.404 e. The van der Waals surface area contributed by atoms with Gasteiger partial charge in [-0.2, -0.15) is 0 Å². The Morgan fingerprint density at radius 2 is 1.86 bits per heavy atom. The van der Waals surface area contributed by atoms with Gasteiger partial charge >= 0.3 is 6.36 Å². The summed E-state index contributed by atoms with van der Waals surface area (Å²) in [7, 11) is -1.31. The van der Waals surface area contributed by atoms with Crippen LogP contribution in [-0.2, 0) is 14.8 Å². The topological polar surface area (TPSA) is 75.7 Å². The number of alkyl halides is 3. The van der Waals surface area contributed by atoms with Crippen LogP contribution in [0.4, 0.5) is 18.9 Å². The molecule has 21 heavy (non-hydrogen) atoms. The highest BCUT2D eigenvalue weighted by atomic mass is 32.2. The molecule has 0 aliphatic heterocycles. The van der Waals surface area contributed by atoms with Crippen molar-refractivity contribution in [3.63, 3.8) is 0 Å². The van der Waals surface area contributed by atoms with Gasteiger partial charge in [0.15, 0.2) is 5.75 Å². The van der Waals surface area contributed by atoms with E-state index in [0.29, 0.717) is 0 Å². The third-order valence-corrected chi connectivity index (χ3v) is 4.08. The number of hydrogen-bond donors (Lipinski definition) is 1. The van der Waals surface area contributed by atoms with Gasteiger partial charge in [-0.15, -0.1) is 13.2 Å². The molecule has 0 aromatic heterocycles. The average Bonchev–Trinajstić information content (AvgIpc) is 2.28. The molecule has 1 aromatic carbocycles. The molecule has 0 fully saturated rings. The van der Waals surface area contributed by atoms with Gasteiger partial charge in [-0.1, -0.05) is 0 Å². The lowest BCUT2D eigenvalue weighted by molar-refractivity contribution is -0.274. The van der Waals surface area contributed by atoms with Gasteiger partial charge in [-0.05, 0) is 18.2 Å². The Morgan fingerprint density at radius 1 is 1.29 bits per heavy atom. The molecule has 6 nitrogen and oxygen atoms in total. The van der Waals surface area contributed by atoms with Crippen LogP contribution in [0.15, 0.2) is 23.1 Å². The summed E-state index contributed by atoms with van der Waals surface area (Å²) in [6.07, 6.45) is -4.96. The van der Waals surface area contributed by atoms with Gasteiger partial charge in [-0.3, -0.25) is 4.79 Å². The monoisotopic (exact) mass is 326 g/mol. The van der Waals surface area contributed by atoms with Crippen molar-refractivity contribution in [2.45, 2.75) is 18.2 Å². The predicted octanol–water partition coefficient (Wildman–Crippen LogP) is 1.79. The number of carbonyl (C=O) groups excluding carboxylic acids is 1. The van der Waals surface area contributed by atoms with E-state index >= 15 is 0 Å². The normalized spacial score (nSPS) is 12.3. The molecular formula is C11H13F3N2O4S. The van der Waals surface area contributed by atoms with Gasteiger partial charge in [0.1, 0.15) is 0 Å². The van der Waals surface area contributed by atoms with E-state index in [-0.39, 0.29) is 10.6 Å². The molecule has 1 amide bonds. The standard InChI is InChI=1S/C11H13F3N2O4S/c1-7(17)15-9-6-8(21(18,19)16(2)3)4-5-10(9)20-11(12,13)14/h4-6H,1-3H3,(H,15,17). The van der Waals surface area contributed by atoms with Crippen LogP contribution >= 0.6 is 0 Å². The number of sulfonamides is 1. The largest absolute Gasteiger partial charge is 0.573 e. The van der Waals surface area contributed by atoms with Crippen LogP contribution in [0.2, 0.25) is 0 Å². The summed E-state index contributed by atoms with van der Waals surface area (Å²) in [6.45, 7) is 1.07. The lowest BCUT2D eigenvalue weighted by atomic mass is 10.3. The molecule has 0 saturated heterocycles. The third-order valence-electron chi connectivity index (χ3n) is 2.27. The van der Waals surface area contributed by atoms with Crippen molar-refractivity contribution in [2.24, 2.45) is 0 Å². The van der Waals surface area contributed by atoms with E-state index < -0.39 is 28.0 Å². The Hall–Kier alpha value is -1.81. The minimum atomic E-state index is -4.96. The molecular weight excluding hydrogens is 313 g/mol. The number of carbonyl (C=O) groups is 1. The van der Waals surface area contributed by atoms with Crippen LogP contribution in [0.3, 0.4) is 0 Å². The molecule has 0 heterocycles. The number of nitrogens with one attached hydrogen (secondary N) is 1. The predicted molar refractivity (Wildman–Crippen MR) is 68.3 cm³/mol. The fourth-order valence-corrected chi connectivity index (χ4v) is 2.31. The second-order valence-corrected chi connectivity index (χ2v) is 6.33. The van der Waals surface area contributed by atoms with Crippen LogP contribution in [0.5, 0.6) is 5.75 Å². The highest BCUT2D eigenvalue weighted by Crippen LogP contribution is 2.32. The fourth-order valence-electron chi connectivity index (χ4n) is 1.38. The summed E-state index contributed by atoms with van der Waals surface area (Å²) in [5.41, 5.74) is -0.386. The van der Waals surface area contributed by atoms with Crippen molar-refractivity contribution in [1.29, 1.82) is 0 Å². The SMILES string of the molecule is CC(=O)Nc1cc(S(=O)(=O)N(C)C)ccc1OC(F)(F)F. The van der Waals surface area contributed by atoms with Crippen LogP contribution in [0.1, 0.15) is 6.92 Å². The Balaban J connectivity index is 3.34. The van der Waals surface area contributed by atoms with Crippen molar-refractivity contribution in [3.05, 3.63) is 18.2 Å². The minimum absolute atomic E-state index is 0.272. The third kappa shape index (κ3) is 4.60. The maximum atomic E-state index is 12.3. The molecule has 0 spiro atoms. The number of benzene rings is 1. The smallest absolute Gasteiger partial charge is 0.404 e. The zero-order valence-corrected chi connectivity index (χ0v) is 12.2. The van der Waals surface area contributed by atoms with Crippen molar-refractivity contribution in [2.75, 3.05) is 19.4 Å². The van der Waals surface area contributed by atoms with E-state index in [1.165, 1.54) is 14.1 Å². The first-order valence-corrected chi connectivity index (χ1v) is 6.97. The number of ether oxygens (including phenoxy) is 1. The zero-order valence-electron chi connectivity index (χ0n) is 11.4. The molecule has 118 valence electrons. The lowest BCUT2D eigenvalue weighted by Gasteiger charge is -2.16. The molecule has 0 unspecified atom stereocenters. The van der Waals surface area contributed by atoms with Crippen LogP contribution in [0.25, 0.3) is 0 Å². The highest BCUT2D eigenvalue weighted by Gasteiger charge is 2.32. The van der Waals surface area contributed by atoms with Crippen molar-refractivity contribution >= 4 is 21.6 Å². The lowest BCUT2D eigenvalue weighted by Crippen LogP contribution is -2.23. The number of anilines is 1. The second kappa shape index (κ2) is 5.90.